The standard InChI is InChI=1S/C21H20BrN3O5/c1-2-23-19(27)12-30-15-6-4-14(5-7-15)24-18(26)9-10-25-20(28)16-8-3-13(22)11-17(16)21(25)29/h3-8,11H,2,9-10,12H2,1H3,(H,23,27)(H,24,26). The topological polar surface area (TPSA) is 105 Å². The van der Waals surface area contributed by atoms with Crippen molar-refractivity contribution in [2.75, 3.05) is 25.0 Å². The second-order valence-corrected chi connectivity index (χ2v) is 7.43. The average molecular weight is 474 g/mol. The molecule has 0 aromatic heterocycles. The molecule has 0 atom stereocenters. The van der Waals surface area contributed by atoms with E-state index in [1.165, 1.54) is 0 Å². The number of likely N-dealkylation sites (N-methyl/N-ethyl adjacent to an activating group) is 1. The van der Waals surface area contributed by atoms with Gasteiger partial charge in [0.2, 0.25) is 5.91 Å². The number of carbonyl (C=O) groups excluding carboxylic acids is 4. The van der Waals surface area contributed by atoms with E-state index in [4.69, 9.17) is 4.74 Å². The molecule has 1 aliphatic heterocycles. The minimum atomic E-state index is -0.405. The Morgan fingerprint density at radius 3 is 2.40 bits per heavy atom. The molecule has 8 nitrogen and oxygen atoms in total. The third-order valence-electron chi connectivity index (χ3n) is 4.38. The van der Waals surface area contributed by atoms with Crippen molar-refractivity contribution in [2.24, 2.45) is 0 Å². The highest BCUT2D eigenvalue weighted by Crippen LogP contribution is 2.26. The first-order valence-corrected chi connectivity index (χ1v) is 10.1. The highest BCUT2D eigenvalue weighted by Gasteiger charge is 2.35. The van der Waals surface area contributed by atoms with E-state index in [1.54, 1.807) is 42.5 Å². The highest BCUT2D eigenvalue weighted by atomic mass is 79.9. The summed E-state index contributed by atoms with van der Waals surface area (Å²) < 4.78 is 6.06. The Hall–Kier alpha value is -3.20. The summed E-state index contributed by atoms with van der Waals surface area (Å²) in [6.07, 6.45) is -0.0257. The molecule has 3 rings (SSSR count). The Bertz CT molecular complexity index is 991. The molecule has 156 valence electrons. The Morgan fingerprint density at radius 1 is 1.00 bits per heavy atom. The summed E-state index contributed by atoms with van der Waals surface area (Å²) in [6.45, 7) is 2.26. The van der Waals surface area contributed by atoms with Crippen LogP contribution in [0.3, 0.4) is 0 Å². The Morgan fingerprint density at radius 2 is 1.70 bits per heavy atom. The largest absolute Gasteiger partial charge is 0.484 e. The number of hydrogen-bond acceptors (Lipinski definition) is 5. The molecule has 4 amide bonds. The minimum Gasteiger partial charge on any atom is -0.484 e. The summed E-state index contributed by atoms with van der Waals surface area (Å²) in [5.74, 6) is -0.850. The zero-order valence-electron chi connectivity index (χ0n) is 16.2. The first-order valence-electron chi connectivity index (χ1n) is 9.34. The zero-order valence-corrected chi connectivity index (χ0v) is 17.8. The minimum absolute atomic E-state index is 0.0104. The van der Waals surface area contributed by atoms with E-state index in [0.717, 1.165) is 4.90 Å². The molecule has 0 saturated carbocycles. The maximum atomic E-state index is 12.4. The van der Waals surface area contributed by atoms with Crippen molar-refractivity contribution in [3.05, 3.63) is 58.1 Å². The molecular formula is C21H20BrN3O5. The van der Waals surface area contributed by atoms with Crippen molar-refractivity contribution in [1.82, 2.24) is 10.2 Å². The van der Waals surface area contributed by atoms with Crippen molar-refractivity contribution in [2.45, 2.75) is 13.3 Å². The number of anilines is 1. The van der Waals surface area contributed by atoms with Gasteiger partial charge >= 0.3 is 0 Å². The molecule has 0 spiro atoms. The third kappa shape index (κ3) is 5.04. The Balaban J connectivity index is 1.50. The van der Waals surface area contributed by atoms with Crippen LogP contribution < -0.4 is 15.4 Å². The molecule has 2 N–H and O–H groups in total. The predicted octanol–water partition coefficient (Wildman–Crippen LogP) is 2.59. The van der Waals surface area contributed by atoms with Gasteiger partial charge in [0.05, 0.1) is 11.1 Å². The van der Waals surface area contributed by atoms with E-state index >= 15 is 0 Å². The van der Waals surface area contributed by atoms with Gasteiger partial charge in [-0.25, -0.2) is 0 Å². The van der Waals surface area contributed by atoms with Crippen LogP contribution in [-0.4, -0.2) is 48.2 Å². The molecule has 1 heterocycles. The molecule has 2 aromatic carbocycles. The number of nitrogens with zero attached hydrogens (tertiary/aromatic N) is 1. The molecule has 0 fully saturated rings. The van der Waals surface area contributed by atoms with E-state index in [1.807, 2.05) is 6.92 Å². The van der Waals surface area contributed by atoms with E-state index in [0.29, 0.717) is 33.6 Å². The first kappa shape index (κ1) is 21.5. The number of ether oxygens (including phenoxy) is 1. The fourth-order valence-corrected chi connectivity index (χ4v) is 3.30. The summed E-state index contributed by atoms with van der Waals surface area (Å²) in [4.78, 5) is 49.5. The monoisotopic (exact) mass is 473 g/mol. The summed E-state index contributed by atoms with van der Waals surface area (Å²) in [6, 6.07) is 11.5. The van der Waals surface area contributed by atoms with Crippen LogP contribution in [0.1, 0.15) is 34.1 Å². The number of fused-ring (bicyclic) bond motifs is 1. The third-order valence-corrected chi connectivity index (χ3v) is 4.87. The molecular weight excluding hydrogens is 454 g/mol. The number of amides is 4. The number of halogens is 1. The van der Waals surface area contributed by atoms with Gasteiger partial charge < -0.3 is 15.4 Å². The van der Waals surface area contributed by atoms with Crippen molar-refractivity contribution in [1.29, 1.82) is 0 Å². The van der Waals surface area contributed by atoms with Gasteiger partial charge in [-0.15, -0.1) is 0 Å². The second-order valence-electron chi connectivity index (χ2n) is 6.52. The van der Waals surface area contributed by atoms with Crippen molar-refractivity contribution in [3.63, 3.8) is 0 Å². The van der Waals surface area contributed by atoms with Gasteiger partial charge in [0.1, 0.15) is 5.75 Å². The SMILES string of the molecule is CCNC(=O)COc1ccc(NC(=O)CCN2C(=O)c3ccc(Br)cc3C2=O)cc1. The van der Waals surface area contributed by atoms with Crippen LogP contribution in [0, 0.1) is 0 Å². The normalized spacial score (nSPS) is 12.5. The summed E-state index contributed by atoms with van der Waals surface area (Å²) in [7, 11) is 0. The van der Waals surface area contributed by atoms with E-state index in [-0.39, 0.29) is 31.4 Å². The second kappa shape index (κ2) is 9.53. The number of rotatable bonds is 8. The average Bonchev–Trinajstić information content (AvgIpc) is 2.95. The van der Waals surface area contributed by atoms with E-state index in [2.05, 4.69) is 26.6 Å². The molecule has 2 aromatic rings. The van der Waals surface area contributed by atoms with Crippen LogP contribution >= 0.6 is 15.9 Å². The fraction of sp³-hybridized carbons (Fsp3) is 0.238. The molecule has 9 heteroatoms. The van der Waals surface area contributed by atoms with Gasteiger partial charge in [-0.1, -0.05) is 15.9 Å². The Labute approximate surface area is 181 Å². The maximum Gasteiger partial charge on any atom is 0.261 e. The van der Waals surface area contributed by atoms with E-state index < -0.39 is 11.8 Å². The number of benzene rings is 2. The quantitative estimate of drug-likeness (QED) is 0.573. The lowest BCUT2D eigenvalue weighted by atomic mass is 10.1. The fourth-order valence-electron chi connectivity index (χ4n) is 2.93. The predicted molar refractivity (Wildman–Crippen MR) is 113 cm³/mol. The summed E-state index contributed by atoms with van der Waals surface area (Å²) in [5.41, 5.74) is 1.21. The van der Waals surface area contributed by atoms with Crippen LogP contribution in [0.15, 0.2) is 46.9 Å². The van der Waals surface area contributed by atoms with Crippen LogP contribution in [0.25, 0.3) is 0 Å². The number of nitrogens with one attached hydrogen (secondary N) is 2. The molecule has 0 aliphatic carbocycles. The van der Waals surface area contributed by atoms with Gasteiger partial charge in [-0.3, -0.25) is 24.1 Å². The van der Waals surface area contributed by atoms with Crippen LogP contribution in [0.2, 0.25) is 0 Å². The zero-order chi connectivity index (χ0) is 21.7. The van der Waals surface area contributed by atoms with Gasteiger partial charge in [0.15, 0.2) is 6.61 Å². The van der Waals surface area contributed by atoms with Gasteiger partial charge in [-0.2, -0.15) is 0 Å². The molecule has 0 unspecified atom stereocenters. The van der Waals surface area contributed by atoms with Crippen molar-refractivity contribution < 1.29 is 23.9 Å². The lowest BCUT2D eigenvalue weighted by Gasteiger charge is -2.13. The summed E-state index contributed by atoms with van der Waals surface area (Å²) in [5, 5.41) is 5.34. The maximum absolute atomic E-state index is 12.4. The van der Waals surface area contributed by atoms with Crippen LogP contribution in [0.5, 0.6) is 5.75 Å². The summed E-state index contributed by atoms with van der Waals surface area (Å²) >= 11 is 3.29. The molecule has 1 aliphatic rings. The van der Waals surface area contributed by atoms with Gasteiger partial charge in [0, 0.05) is 29.7 Å². The molecule has 0 saturated heterocycles. The van der Waals surface area contributed by atoms with Gasteiger partial charge in [-0.05, 0) is 49.4 Å². The molecule has 0 radical (unpaired) electrons. The van der Waals surface area contributed by atoms with Crippen LogP contribution in [-0.2, 0) is 9.59 Å². The van der Waals surface area contributed by atoms with E-state index in [9.17, 15) is 19.2 Å². The first-order chi connectivity index (χ1) is 14.4. The van der Waals surface area contributed by atoms with Gasteiger partial charge in [0.25, 0.3) is 17.7 Å². The lowest BCUT2D eigenvalue weighted by Crippen LogP contribution is -2.32. The van der Waals surface area contributed by atoms with Crippen LogP contribution in [0.4, 0.5) is 5.69 Å². The lowest BCUT2D eigenvalue weighted by molar-refractivity contribution is -0.123. The highest BCUT2D eigenvalue weighted by molar-refractivity contribution is 9.10. The van der Waals surface area contributed by atoms with Crippen molar-refractivity contribution in [3.8, 4) is 5.75 Å². The molecule has 0 bridgehead atoms. The smallest absolute Gasteiger partial charge is 0.261 e. The number of hydrogen-bond donors (Lipinski definition) is 2. The molecule has 30 heavy (non-hydrogen) atoms. The Kier molecular flexibility index (Phi) is 6.83. The number of carbonyl (C=O) groups is 4. The number of imide groups is 1. The van der Waals surface area contributed by atoms with Crippen molar-refractivity contribution >= 4 is 45.2 Å².